The first kappa shape index (κ1) is 14.9. The van der Waals surface area contributed by atoms with Crippen molar-refractivity contribution in [1.29, 1.82) is 0 Å². The molecule has 0 saturated carbocycles. The zero-order valence-corrected chi connectivity index (χ0v) is 13.4. The molecule has 1 atom stereocenters. The van der Waals surface area contributed by atoms with Gasteiger partial charge in [-0.1, -0.05) is 12.1 Å². The highest BCUT2D eigenvalue weighted by Gasteiger charge is 2.52. The molecule has 0 radical (unpaired) electrons. The lowest BCUT2D eigenvalue weighted by Crippen LogP contribution is -2.41. The van der Waals surface area contributed by atoms with E-state index in [-0.39, 0.29) is 11.2 Å². The van der Waals surface area contributed by atoms with Gasteiger partial charge < -0.3 is 19.2 Å². The molecular formula is C16H23BO4. The molecule has 4 nitrogen and oxygen atoms in total. The van der Waals surface area contributed by atoms with Crippen molar-refractivity contribution in [2.24, 2.45) is 0 Å². The van der Waals surface area contributed by atoms with Gasteiger partial charge in [0, 0.05) is 12.0 Å². The maximum Gasteiger partial charge on any atom is 0.494 e. The third kappa shape index (κ3) is 2.37. The third-order valence-corrected chi connectivity index (χ3v) is 4.96. The van der Waals surface area contributed by atoms with Gasteiger partial charge >= 0.3 is 7.12 Å². The Balaban J connectivity index is 1.95. The minimum atomic E-state index is -0.868. The van der Waals surface area contributed by atoms with Gasteiger partial charge in [0.2, 0.25) is 0 Å². The van der Waals surface area contributed by atoms with Crippen LogP contribution in [0.15, 0.2) is 18.2 Å². The lowest BCUT2D eigenvalue weighted by Gasteiger charge is -2.32. The normalized spacial score (nSPS) is 29.9. The Bertz CT molecular complexity index is 549. The van der Waals surface area contributed by atoms with E-state index < -0.39 is 12.7 Å². The van der Waals surface area contributed by atoms with E-state index in [1.165, 1.54) is 0 Å². The van der Waals surface area contributed by atoms with Crippen LogP contribution in [-0.2, 0) is 14.9 Å². The summed E-state index contributed by atoms with van der Waals surface area (Å²) in [5.74, 6) is 0.742. The summed E-state index contributed by atoms with van der Waals surface area (Å²) < 4.78 is 17.7. The van der Waals surface area contributed by atoms with Gasteiger partial charge in [-0.3, -0.25) is 0 Å². The lowest BCUT2D eigenvalue weighted by atomic mass is 9.76. The second kappa shape index (κ2) is 4.48. The van der Waals surface area contributed by atoms with Gasteiger partial charge in [-0.15, -0.1) is 0 Å². The van der Waals surface area contributed by atoms with Crippen LogP contribution in [0.2, 0.25) is 0 Å². The molecule has 1 saturated heterocycles. The van der Waals surface area contributed by atoms with Gasteiger partial charge in [0.15, 0.2) is 0 Å². The fourth-order valence-electron chi connectivity index (χ4n) is 2.71. The molecule has 1 N–H and O–H groups in total. The van der Waals surface area contributed by atoms with E-state index in [1.54, 1.807) is 0 Å². The van der Waals surface area contributed by atoms with Crippen molar-refractivity contribution in [2.75, 3.05) is 6.61 Å². The number of aliphatic hydroxyl groups is 1. The standard InChI is InChI=1S/C16H23BO4/c1-14(2)15(3,4)21-17(20-14)11-6-7-13-12(10-11)16(5,18)8-9-19-13/h6-7,10,18H,8-9H2,1-5H3. The minimum Gasteiger partial charge on any atom is -0.493 e. The molecule has 2 aliphatic heterocycles. The van der Waals surface area contributed by atoms with Crippen LogP contribution < -0.4 is 10.2 Å². The molecule has 0 aliphatic carbocycles. The summed E-state index contributed by atoms with van der Waals surface area (Å²) in [6.45, 7) is 10.5. The number of hydrogen-bond donors (Lipinski definition) is 1. The van der Waals surface area contributed by atoms with Crippen molar-refractivity contribution in [3.05, 3.63) is 23.8 Å². The van der Waals surface area contributed by atoms with Crippen LogP contribution in [-0.4, -0.2) is 30.0 Å². The molecular weight excluding hydrogens is 267 g/mol. The average Bonchev–Trinajstić information content (AvgIpc) is 2.58. The minimum absolute atomic E-state index is 0.368. The van der Waals surface area contributed by atoms with Crippen molar-refractivity contribution < 1.29 is 19.2 Å². The molecule has 114 valence electrons. The predicted octanol–water partition coefficient (Wildman–Crippen LogP) is 1.98. The molecule has 1 unspecified atom stereocenters. The summed E-state index contributed by atoms with van der Waals surface area (Å²) >= 11 is 0. The van der Waals surface area contributed by atoms with Gasteiger partial charge in [-0.05, 0) is 46.1 Å². The zero-order valence-electron chi connectivity index (χ0n) is 13.4. The second-order valence-corrected chi connectivity index (χ2v) is 7.22. The van der Waals surface area contributed by atoms with E-state index in [9.17, 15) is 5.11 Å². The Labute approximate surface area is 126 Å². The van der Waals surface area contributed by atoms with Crippen LogP contribution in [0.3, 0.4) is 0 Å². The van der Waals surface area contributed by atoms with E-state index in [2.05, 4.69) is 0 Å². The summed E-state index contributed by atoms with van der Waals surface area (Å²) in [5.41, 5.74) is 0.117. The first-order chi connectivity index (χ1) is 9.62. The molecule has 2 aliphatic rings. The zero-order chi connectivity index (χ0) is 15.5. The number of fused-ring (bicyclic) bond motifs is 1. The topological polar surface area (TPSA) is 47.9 Å². The van der Waals surface area contributed by atoms with E-state index in [0.29, 0.717) is 13.0 Å². The highest BCUT2D eigenvalue weighted by molar-refractivity contribution is 6.62. The highest BCUT2D eigenvalue weighted by atomic mass is 16.7. The average molecular weight is 290 g/mol. The number of hydrogen-bond acceptors (Lipinski definition) is 4. The number of benzene rings is 1. The van der Waals surface area contributed by atoms with E-state index in [4.69, 9.17) is 14.0 Å². The van der Waals surface area contributed by atoms with E-state index >= 15 is 0 Å². The van der Waals surface area contributed by atoms with Crippen LogP contribution in [0.1, 0.15) is 46.6 Å². The predicted molar refractivity (Wildman–Crippen MR) is 81.8 cm³/mol. The first-order valence-corrected chi connectivity index (χ1v) is 7.48. The monoisotopic (exact) mass is 290 g/mol. The van der Waals surface area contributed by atoms with E-state index in [1.807, 2.05) is 52.8 Å². The SMILES string of the molecule is CC1(O)CCOc2ccc(B3OC(C)(C)C(C)(C)O3)cc21. The summed E-state index contributed by atoms with van der Waals surface area (Å²) in [6.07, 6.45) is 0.590. The molecule has 21 heavy (non-hydrogen) atoms. The summed E-state index contributed by atoms with van der Waals surface area (Å²) in [5, 5.41) is 10.5. The number of ether oxygens (including phenoxy) is 1. The Kier molecular flexibility index (Phi) is 3.17. The lowest BCUT2D eigenvalue weighted by molar-refractivity contribution is 0.00578. The van der Waals surface area contributed by atoms with Crippen LogP contribution in [0.5, 0.6) is 5.75 Å². The first-order valence-electron chi connectivity index (χ1n) is 7.48. The van der Waals surface area contributed by atoms with Crippen molar-refractivity contribution in [3.8, 4) is 5.75 Å². The summed E-state index contributed by atoms with van der Waals surface area (Å²) in [4.78, 5) is 0. The molecule has 0 aromatic heterocycles. The Morgan fingerprint density at radius 2 is 1.67 bits per heavy atom. The molecule has 1 aromatic carbocycles. The quantitative estimate of drug-likeness (QED) is 0.803. The Hall–Kier alpha value is -1.04. The summed E-state index contributed by atoms with van der Waals surface area (Å²) in [7, 11) is -0.418. The van der Waals surface area contributed by atoms with Gasteiger partial charge in [0.05, 0.1) is 23.4 Å². The highest BCUT2D eigenvalue weighted by Crippen LogP contribution is 2.39. The van der Waals surface area contributed by atoms with Gasteiger partial charge in [0.1, 0.15) is 5.75 Å². The molecule has 1 aromatic rings. The van der Waals surface area contributed by atoms with Gasteiger partial charge in [-0.25, -0.2) is 0 Å². The van der Waals surface area contributed by atoms with Crippen molar-refractivity contribution >= 4 is 12.6 Å². The molecule has 0 amide bonds. The third-order valence-electron chi connectivity index (χ3n) is 4.96. The maximum absolute atomic E-state index is 10.5. The fourth-order valence-corrected chi connectivity index (χ4v) is 2.71. The van der Waals surface area contributed by atoms with Crippen LogP contribution >= 0.6 is 0 Å². The number of rotatable bonds is 1. The van der Waals surface area contributed by atoms with Crippen LogP contribution in [0.4, 0.5) is 0 Å². The van der Waals surface area contributed by atoms with Gasteiger partial charge in [0.25, 0.3) is 0 Å². The van der Waals surface area contributed by atoms with Crippen molar-refractivity contribution in [1.82, 2.24) is 0 Å². The molecule has 1 fully saturated rings. The van der Waals surface area contributed by atoms with Gasteiger partial charge in [-0.2, -0.15) is 0 Å². The van der Waals surface area contributed by atoms with Crippen LogP contribution in [0, 0.1) is 0 Å². The van der Waals surface area contributed by atoms with Crippen molar-refractivity contribution in [3.63, 3.8) is 0 Å². The smallest absolute Gasteiger partial charge is 0.493 e. The largest absolute Gasteiger partial charge is 0.494 e. The fraction of sp³-hybridized carbons (Fsp3) is 0.625. The molecule has 0 bridgehead atoms. The van der Waals surface area contributed by atoms with Crippen LogP contribution in [0.25, 0.3) is 0 Å². The second-order valence-electron chi connectivity index (χ2n) is 7.22. The molecule has 0 spiro atoms. The Morgan fingerprint density at radius 1 is 1.05 bits per heavy atom. The Morgan fingerprint density at radius 3 is 2.29 bits per heavy atom. The molecule has 5 heteroatoms. The maximum atomic E-state index is 10.5. The van der Waals surface area contributed by atoms with E-state index in [0.717, 1.165) is 16.8 Å². The molecule has 2 heterocycles. The summed E-state index contributed by atoms with van der Waals surface area (Å²) in [6, 6.07) is 5.78. The van der Waals surface area contributed by atoms with Crippen molar-refractivity contribution in [2.45, 2.75) is 57.8 Å². The molecule has 3 rings (SSSR count).